The highest BCUT2D eigenvalue weighted by Crippen LogP contribution is 2.37. The van der Waals surface area contributed by atoms with E-state index in [1.54, 1.807) is 24.4 Å². The van der Waals surface area contributed by atoms with Gasteiger partial charge in [-0.3, -0.25) is 4.98 Å². The highest BCUT2D eigenvalue weighted by Gasteiger charge is 2.34. The zero-order chi connectivity index (χ0) is 27.4. The molecule has 4 aromatic rings. The number of benzene rings is 2. The number of rotatable bonds is 5. The minimum atomic E-state index is -0.485. The lowest BCUT2D eigenvalue weighted by molar-refractivity contribution is 0.188. The van der Waals surface area contributed by atoms with Crippen LogP contribution in [0.3, 0.4) is 0 Å². The molecule has 2 aromatic carbocycles. The number of aromatic hydroxyl groups is 1. The topological polar surface area (TPSA) is 86.6 Å². The summed E-state index contributed by atoms with van der Waals surface area (Å²) in [5.41, 5.74) is 2.72. The van der Waals surface area contributed by atoms with Crippen molar-refractivity contribution >= 4 is 27.6 Å². The van der Waals surface area contributed by atoms with Gasteiger partial charge in [-0.05, 0) is 74.5 Å². The second-order valence-electron chi connectivity index (χ2n) is 11.2. The van der Waals surface area contributed by atoms with Crippen molar-refractivity contribution in [2.45, 2.75) is 43.8 Å². The van der Waals surface area contributed by atoms with Gasteiger partial charge < -0.3 is 25.0 Å². The monoisotopic (exact) mass is 538 g/mol. The first-order valence-electron chi connectivity index (χ1n) is 13.9. The van der Waals surface area contributed by atoms with Gasteiger partial charge in [0.05, 0.1) is 11.1 Å². The van der Waals surface area contributed by atoms with Crippen molar-refractivity contribution in [3.8, 4) is 35.2 Å². The first-order valence-corrected chi connectivity index (χ1v) is 13.9. The standard InChI is InChI=1S/C31H31FN6O2/c1-3-24-26(32)9-6-18-11-23(39)13-25(28(18)24)19-12-27-29(33-14-19)30(38-15-20-7-8-21(16-38)34-20)36-31(35-27)40-17-22-5-4-10-37(22)2/h1,6,9,11-14,20-22,34,39H,4-5,7-8,10,15-17H2,2H3. The molecule has 3 atom stereocenters. The second-order valence-corrected chi connectivity index (χ2v) is 11.2. The van der Waals surface area contributed by atoms with Crippen LogP contribution in [0.15, 0.2) is 36.5 Å². The number of piperazine rings is 1. The van der Waals surface area contributed by atoms with E-state index in [-0.39, 0.29) is 11.3 Å². The largest absolute Gasteiger partial charge is 0.508 e. The summed E-state index contributed by atoms with van der Waals surface area (Å²) in [6.07, 6.45) is 12.0. The van der Waals surface area contributed by atoms with E-state index in [2.05, 4.69) is 28.1 Å². The molecule has 3 fully saturated rings. The number of aromatic nitrogens is 3. The SMILES string of the molecule is C#Cc1c(F)ccc2cc(O)cc(-c3cnc4c(N5CC6CCC(C5)N6)nc(OCC5CCCN5C)nc4c3)c12. The Labute approximate surface area is 232 Å². The van der Waals surface area contributed by atoms with Crippen molar-refractivity contribution in [2.75, 3.05) is 38.2 Å². The maximum absolute atomic E-state index is 14.7. The van der Waals surface area contributed by atoms with Crippen LogP contribution in [-0.2, 0) is 0 Å². The van der Waals surface area contributed by atoms with Crippen molar-refractivity contribution in [3.63, 3.8) is 0 Å². The average molecular weight is 539 g/mol. The highest BCUT2D eigenvalue weighted by atomic mass is 19.1. The van der Waals surface area contributed by atoms with Crippen LogP contribution in [0.5, 0.6) is 11.8 Å². The third kappa shape index (κ3) is 4.37. The molecule has 8 nitrogen and oxygen atoms in total. The maximum Gasteiger partial charge on any atom is 0.319 e. The summed E-state index contributed by atoms with van der Waals surface area (Å²) in [6, 6.07) is 9.53. The molecule has 0 amide bonds. The number of likely N-dealkylation sites (tertiary alicyclic amines) is 1. The molecule has 0 aliphatic carbocycles. The van der Waals surface area contributed by atoms with E-state index in [0.29, 0.717) is 63.7 Å². The zero-order valence-electron chi connectivity index (χ0n) is 22.4. The first kappa shape index (κ1) is 25.0. The molecule has 3 aliphatic heterocycles. The van der Waals surface area contributed by atoms with Gasteiger partial charge in [0.25, 0.3) is 0 Å². The number of hydrogen-bond acceptors (Lipinski definition) is 8. The zero-order valence-corrected chi connectivity index (χ0v) is 22.4. The molecule has 7 rings (SSSR count). The fourth-order valence-electron chi connectivity index (χ4n) is 6.54. The molecule has 0 radical (unpaired) electrons. The molecule has 2 N–H and O–H groups in total. The van der Waals surface area contributed by atoms with Crippen LogP contribution in [-0.4, -0.2) is 76.4 Å². The molecule has 3 unspecified atom stereocenters. The third-order valence-electron chi connectivity index (χ3n) is 8.60. The van der Waals surface area contributed by atoms with E-state index in [1.165, 1.54) is 6.07 Å². The first-order chi connectivity index (χ1) is 19.5. The van der Waals surface area contributed by atoms with Crippen LogP contribution < -0.4 is 15.0 Å². The number of nitrogens with zero attached hydrogens (tertiary/aromatic N) is 5. The number of halogens is 1. The van der Waals surface area contributed by atoms with Crippen LogP contribution in [0.4, 0.5) is 10.2 Å². The lowest BCUT2D eigenvalue weighted by Crippen LogP contribution is -2.51. The van der Waals surface area contributed by atoms with Gasteiger partial charge in [-0.2, -0.15) is 9.97 Å². The number of fused-ring (bicyclic) bond motifs is 4. The van der Waals surface area contributed by atoms with E-state index in [9.17, 15) is 9.50 Å². The Hall–Kier alpha value is -4.00. The molecule has 2 aromatic heterocycles. The molecule has 0 saturated carbocycles. The molecular formula is C31H31FN6O2. The third-order valence-corrected chi connectivity index (χ3v) is 8.60. The van der Waals surface area contributed by atoms with Gasteiger partial charge in [0.1, 0.15) is 23.7 Å². The number of anilines is 1. The van der Waals surface area contributed by atoms with E-state index in [0.717, 1.165) is 51.1 Å². The summed E-state index contributed by atoms with van der Waals surface area (Å²) in [7, 11) is 2.12. The Morgan fingerprint density at radius 2 is 1.98 bits per heavy atom. The fourth-order valence-corrected chi connectivity index (χ4v) is 6.54. The number of likely N-dealkylation sites (N-methyl/N-ethyl adjacent to an activating group) is 1. The van der Waals surface area contributed by atoms with Gasteiger partial charge in [-0.1, -0.05) is 12.0 Å². The van der Waals surface area contributed by atoms with Gasteiger partial charge >= 0.3 is 6.01 Å². The van der Waals surface area contributed by atoms with Crippen molar-refractivity contribution in [2.24, 2.45) is 0 Å². The number of ether oxygens (including phenoxy) is 1. The summed E-state index contributed by atoms with van der Waals surface area (Å²) in [5, 5.41) is 15.4. The quantitative estimate of drug-likeness (QED) is 0.368. The van der Waals surface area contributed by atoms with Crippen LogP contribution >= 0.6 is 0 Å². The van der Waals surface area contributed by atoms with Crippen LogP contribution in [0.1, 0.15) is 31.2 Å². The van der Waals surface area contributed by atoms with Gasteiger partial charge in [0.15, 0.2) is 5.82 Å². The number of nitrogens with one attached hydrogen (secondary N) is 1. The van der Waals surface area contributed by atoms with Crippen molar-refractivity contribution in [1.82, 2.24) is 25.2 Å². The number of phenols is 1. The molecule has 9 heteroatoms. The van der Waals surface area contributed by atoms with Gasteiger partial charge in [0.2, 0.25) is 0 Å². The van der Waals surface area contributed by atoms with Crippen LogP contribution in [0.25, 0.3) is 32.9 Å². The number of pyridine rings is 1. The number of terminal acetylenes is 1. The maximum atomic E-state index is 14.7. The van der Waals surface area contributed by atoms with Gasteiger partial charge in [-0.15, -0.1) is 6.42 Å². The summed E-state index contributed by atoms with van der Waals surface area (Å²) in [4.78, 5) is 19.1. The average Bonchev–Trinajstić information content (AvgIpc) is 3.53. The summed E-state index contributed by atoms with van der Waals surface area (Å²) in [5.74, 6) is 2.82. The molecule has 2 bridgehead atoms. The predicted molar refractivity (Wildman–Crippen MR) is 153 cm³/mol. The molecule has 0 spiro atoms. The van der Waals surface area contributed by atoms with Gasteiger partial charge in [0, 0.05) is 48.4 Å². The lowest BCUT2D eigenvalue weighted by Gasteiger charge is -2.34. The molecular weight excluding hydrogens is 507 g/mol. The molecule has 3 aliphatic rings. The molecule has 204 valence electrons. The summed E-state index contributed by atoms with van der Waals surface area (Å²) in [6.45, 7) is 3.27. The van der Waals surface area contributed by atoms with Crippen molar-refractivity contribution < 1.29 is 14.2 Å². The number of hydrogen-bond donors (Lipinski definition) is 2. The second kappa shape index (κ2) is 9.88. The van der Waals surface area contributed by atoms with E-state index < -0.39 is 5.82 Å². The lowest BCUT2D eigenvalue weighted by atomic mass is 9.94. The van der Waals surface area contributed by atoms with E-state index in [4.69, 9.17) is 26.1 Å². The normalized spacial score (nSPS) is 22.7. The fraction of sp³-hybridized carbons (Fsp3) is 0.387. The molecule has 3 saturated heterocycles. The predicted octanol–water partition coefficient (Wildman–Crippen LogP) is 4.08. The van der Waals surface area contributed by atoms with Gasteiger partial charge in [-0.25, -0.2) is 4.39 Å². The van der Waals surface area contributed by atoms with Crippen LogP contribution in [0, 0.1) is 18.2 Å². The van der Waals surface area contributed by atoms with E-state index in [1.807, 2.05) is 6.07 Å². The molecule has 5 heterocycles. The molecule has 40 heavy (non-hydrogen) atoms. The summed E-state index contributed by atoms with van der Waals surface area (Å²) >= 11 is 0. The van der Waals surface area contributed by atoms with Crippen molar-refractivity contribution in [1.29, 1.82) is 0 Å². The minimum absolute atomic E-state index is 0.0570. The Morgan fingerprint density at radius 3 is 2.73 bits per heavy atom. The highest BCUT2D eigenvalue weighted by molar-refractivity contribution is 6.03. The Morgan fingerprint density at radius 1 is 1.15 bits per heavy atom. The van der Waals surface area contributed by atoms with E-state index >= 15 is 0 Å². The Balaban J connectivity index is 1.35. The number of phenolic OH excluding ortho intramolecular Hbond substituents is 1. The Kier molecular flexibility index (Phi) is 6.17. The minimum Gasteiger partial charge on any atom is -0.508 e. The van der Waals surface area contributed by atoms with Crippen LogP contribution in [0.2, 0.25) is 0 Å². The Bertz CT molecular complexity index is 1660. The smallest absolute Gasteiger partial charge is 0.319 e. The summed E-state index contributed by atoms with van der Waals surface area (Å²) < 4.78 is 20.9. The van der Waals surface area contributed by atoms with Crippen molar-refractivity contribution in [3.05, 3.63) is 47.9 Å².